The molecule has 1 amide bonds. The van der Waals surface area contributed by atoms with Crippen molar-refractivity contribution in [2.75, 3.05) is 24.3 Å². The Balaban J connectivity index is 1.25. The molecule has 0 unspecified atom stereocenters. The summed E-state index contributed by atoms with van der Waals surface area (Å²) in [5.74, 6) is -1.33. The molecule has 0 spiro atoms. The molecule has 3 aromatic heterocycles. The Labute approximate surface area is 225 Å². The summed E-state index contributed by atoms with van der Waals surface area (Å²) < 4.78 is 32.2. The lowest BCUT2D eigenvalue weighted by atomic mass is 9.97. The van der Waals surface area contributed by atoms with Gasteiger partial charge in [-0.25, -0.2) is 23.7 Å². The number of hydrogen-bond acceptors (Lipinski definition) is 8. The molecule has 0 radical (unpaired) electrons. The molecule has 0 saturated carbocycles. The van der Waals surface area contributed by atoms with Gasteiger partial charge in [0.05, 0.1) is 29.3 Å². The monoisotopic (exact) mass is 544 g/mol. The van der Waals surface area contributed by atoms with Gasteiger partial charge in [-0.05, 0) is 59.2 Å². The fourth-order valence-corrected chi connectivity index (χ4v) is 5.14. The number of anilines is 3. The Hall–Kier alpha value is -4.48. The number of nitrogen functional groups attached to an aromatic ring is 1. The highest BCUT2D eigenvalue weighted by atomic mass is 32.1. The number of pyridine rings is 1. The van der Waals surface area contributed by atoms with E-state index in [1.54, 1.807) is 12.3 Å². The minimum absolute atomic E-state index is 0.0319. The predicted octanol–water partition coefficient (Wildman–Crippen LogP) is 5.40. The molecule has 196 valence electrons. The maximum atomic E-state index is 13.6. The number of rotatable bonds is 7. The van der Waals surface area contributed by atoms with Crippen molar-refractivity contribution in [1.82, 2.24) is 20.3 Å². The van der Waals surface area contributed by atoms with Crippen molar-refractivity contribution in [3.63, 3.8) is 0 Å². The lowest BCUT2D eigenvalue weighted by molar-refractivity contribution is 0.00826. The number of nitrogens with one attached hydrogen (secondary N) is 2. The van der Waals surface area contributed by atoms with E-state index in [1.807, 2.05) is 30.3 Å². The lowest BCUT2D eigenvalue weighted by Crippen LogP contribution is -2.27. The van der Waals surface area contributed by atoms with Gasteiger partial charge >= 0.3 is 0 Å². The number of nitrogens with zero attached hydrogens (tertiary/aromatic N) is 3. The zero-order valence-corrected chi connectivity index (χ0v) is 21.3. The van der Waals surface area contributed by atoms with E-state index in [9.17, 15) is 13.6 Å². The molecule has 1 aliphatic heterocycles. The normalized spacial score (nSPS) is 13.3. The van der Waals surface area contributed by atoms with Crippen LogP contribution in [-0.4, -0.2) is 34.1 Å². The van der Waals surface area contributed by atoms with Crippen molar-refractivity contribution >= 4 is 44.8 Å². The first-order chi connectivity index (χ1) is 18.9. The van der Waals surface area contributed by atoms with Crippen LogP contribution < -0.4 is 16.4 Å². The number of benzene rings is 2. The van der Waals surface area contributed by atoms with Crippen LogP contribution in [-0.2, 0) is 11.3 Å². The van der Waals surface area contributed by atoms with Crippen LogP contribution in [0.2, 0.25) is 0 Å². The van der Waals surface area contributed by atoms with Crippen molar-refractivity contribution in [3.8, 4) is 10.4 Å². The molecule has 4 N–H and O–H groups in total. The van der Waals surface area contributed by atoms with Crippen molar-refractivity contribution < 1.29 is 18.3 Å². The topological polar surface area (TPSA) is 115 Å². The number of thiophene rings is 1. The smallest absolute Gasteiger partial charge is 0.255 e. The van der Waals surface area contributed by atoms with E-state index >= 15 is 0 Å². The molecule has 1 aliphatic rings. The quantitative estimate of drug-likeness (QED) is 0.251. The zero-order chi connectivity index (χ0) is 26.9. The number of aromatic nitrogens is 3. The molecule has 1 saturated heterocycles. The largest absolute Gasteiger partial charge is 0.383 e. The van der Waals surface area contributed by atoms with Gasteiger partial charge in [0.15, 0.2) is 11.6 Å². The van der Waals surface area contributed by atoms with Crippen molar-refractivity contribution in [2.24, 2.45) is 0 Å². The second-order valence-corrected chi connectivity index (χ2v) is 10.2. The maximum absolute atomic E-state index is 13.6. The van der Waals surface area contributed by atoms with Crippen LogP contribution >= 0.6 is 11.3 Å². The van der Waals surface area contributed by atoms with E-state index in [0.717, 1.165) is 44.0 Å². The highest BCUT2D eigenvalue weighted by molar-refractivity contribution is 7.19. The van der Waals surface area contributed by atoms with Crippen LogP contribution in [0.3, 0.4) is 0 Å². The second-order valence-electron chi connectivity index (χ2n) is 9.11. The van der Waals surface area contributed by atoms with Crippen LogP contribution in [0, 0.1) is 11.6 Å². The number of carbonyl (C=O) groups is 1. The van der Waals surface area contributed by atoms with Gasteiger partial charge in [-0.2, -0.15) is 0 Å². The number of carbonyl (C=O) groups excluding carboxylic acids is 1. The number of nitrogens with two attached hydrogens (primary N) is 1. The number of ether oxygens (including phenoxy) is 1. The fraction of sp³-hybridized carbons (Fsp3) is 0.143. The Morgan fingerprint density at radius 2 is 1.90 bits per heavy atom. The van der Waals surface area contributed by atoms with Crippen LogP contribution in [0.4, 0.5) is 25.4 Å². The number of hydrogen-bond donors (Lipinski definition) is 3. The molecule has 0 atom stereocenters. The van der Waals surface area contributed by atoms with Crippen LogP contribution in [0.15, 0.2) is 67.1 Å². The van der Waals surface area contributed by atoms with Crippen LogP contribution in [0.25, 0.3) is 21.3 Å². The van der Waals surface area contributed by atoms with Gasteiger partial charge in [0, 0.05) is 28.9 Å². The second kappa shape index (κ2) is 10.4. The third kappa shape index (κ3) is 5.14. The Morgan fingerprint density at radius 1 is 1.03 bits per heavy atom. The minimum atomic E-state index is -0.965. The Morgan fingerprint density at radius 3 is 2.69 bits per heavy atom. The molecule has 0 bridgehead atoms. The first kappa shape index (κ1) is 24.8. The summed E-state index contributed by atoms with van der Waals surface area (Å²) in [5.41, 5.74) is 9.43. The SMILES string of the molecule is Nc1ncnc2ccc(-c3ccc(Nc4ncc(C5COC5)cc4C(=O)NCc4ccc(F)c(F)c4)s3)cc12. The van der Waals surface area contributed by atoms with Gasteiger partial charge in [-0.1, -0.05) is 12.1 Å². The van der Waals surface area contributed by atoms with E-state index in [0.29, 0.717) is 36.0 Å². The molecule has 5 aromatic rings. The molecular formula is C28H22F2N6O2S. The maximum Gasteiger partial charge on any atom is 0.255 e. The van der Waals surface area contributed by atoms with Gasteiger partial charge in [0.2, 0.25) is 0 Å². The first-order valence-electron chi connectivity index (χ1n) is 12.1. The van der Waals surface area contributed by atoms with Gasteiger partial charge in [-0.3, -0.25) is 4.79 Å². The van der Waals surface area contributed by atoms with E-state index in [1.165, 1.54) is 23.7 Å². The standard InChI is InChI=1S/C28H22F2N6O2S/c29-21-3-1-15(7-22(21)30)10-33-28(37)20-9-17(18-12-38-13-18)11-32-27(20)36-25-6-5-24(39-25)16-2-4-23-19(8-16)26(31)35-14-34-23/h1-9,11,14,18H,10,12-13H2,(H,32,36)(H,33,37)(H2,31,34,35). The number of fused-ring (bicyclic) bond motifs is 1. The average molecular weight is 545 g/mol. The summed E-state index contributed by atoms with van der Waals surface area (Å²) in [6.45, 7) is 1.17. The fourth-order valence-electron chi connectivity index (χ4n) is 4.24. The van der Waals surface area contributed by atoms with Gasteiger partial charge in [-0.15, -0.1) is 11.3 Å². The van der Waals surface area contributed by atoms with Gasteiger partial charge in [0.25, 0.3) is 5.91 Å². The molecule has 11 heteroatoms. The summed E-state index contributed by atoms with van der Waals surface area (Å²) in [5, 5.41) is 7.60. The van der Waals surface area contributed by atoms with Gasteiger partial charge < -0.3 is 21.1 Å². The van der Waals surface area contributed by atoms with Crippen molar-refractivity contribution in [2.45, 2.75) is 12.5 Å². The summed E-state index contributed by atoms with van der Waals surface area (Å²) in [6.07, 6.45) is 3.18. The highest BCUT2D eigenvalue weighted by Gasteiger charge is 2.24. The third-order valence-electron chi connectivity index (χ3n) is 6.50. The van der Waals surface area contributed by atoms with E-state index in [-0.39, 0.29) is 12.5 Å². The number of halogens is 2. The molecule has 39 heavy (non-hydrogen) atoms. The molecule has 6 rings (SSSR count). The Bertz CT molecular complexity index is 1710. The van der Waals surface area contributed by atoms with Crippen LogP contribution in [0.5, 0.6) is 0 Å². The molecule has 0 aliphatic carbocycles. The molecule has 4 heterocycles. The summed E-state index contributed by atoms with van der Waals surface area (Å²) in [4.78, 5) is 27.1. The van der Waals surface area contributed by atoms with Crippen LogP contribution in [0.1, 0.15) is 27.4 Å². The molecule has 2 aromatic carbocycles. The summed E-state index contributed by atoms with van der Waals surface area (Å²) >= 11 is 1.49. The first-order valence-corrected chi connectivity index (χ1v) is 12.9. The average Bonchev–Trinajstić information content (AvgIpc) is 3.37. The lowest BCUT2D eigenvalue weighted by Gasteiger charge is -2.26. The van der Waals surface area contributed by atoms with Crippen molar-refractivity contribution in [3.05, 3.63) is 95.4 Å². The molecule has 8 nitrogen and oxygen atoms in total. The summed E-state index contributed by atoms with van der Waals surface area (Å²) in [7, 11) is 0. The van der Waals surface area contributed by atoms with E-state index in [4.69, 9.17) is 10.5 Å². The minimum Gasteiger partial charge on any atom is -0.383 e. The number of amides is 1. The third-order valence-corrected chi connectivity index (χ3v) is 7.55. The molecular weight excluding hydrogens is 522 g/mol. The zero-order valence-electron chi connectivity index (χ0n) is 20.4. The summed E-state index contributed by atoms with van der Waals surface area (Å²) in [6, 6.07) is 15.0. The van der Waals surface area contributed by atoms with Gasteiger partial charge in [0.1, 0.15) is 18.0 Å². The highest BCUT2D eigenvalue weighted by Crippen LogP contribution is 2.36. The van der Waals surface area contributed by atoms with Crippen molar-refractivity contribution in [1.29, 1.82) is 0 Å². The molecule has 1 fully saturated rings. The van der Waals surface area contributed by atoms with E-state index < -0.39 is 17.5 Å². The van der Waals surface area contributed by atoms with E-state index in [2.05, 4.69) is 25.6 Å². The Kier molecular flexibility index (Phi) is 6.59. The predicted molar refractivity (Wildman–Crippen MR) is 146 cm³/mol.